The monoisotopic (exact) mass is 316 g/mol. The SMILES string of the molecule is COC(=O)c1c(N)c(C#N)cn1-c1ccc(OC)cc1[N+](=O)[O-]. The molecule has 0 fully saturated rings. The third kappa shape index (κ3) is 2.65. The van der Waals surface area contributed by atoms with Gasteiger partial charge in [-0.05, 0) is 12.1 Å². The number of ether oxygens (including phenoxy) is 2. The highest BCUT2D eigenvalue weighted by molar-refractivity contribution is 5.96. The Labute approximate surface area is 130 Å². The van der Waals surface area contributed by atoms with E-state index < -0.39 is 10.9 Å². The molecule has 0 saturated carbocycles. The Morgan fingerprint density at radius 3 is 2.65 bits per heavy atom. The quantitative estimate of drug-likeness (QED) is 0.514. The highest BCUT2D eigenvalue weighted by Gasteiger charge is 2.26. The molecule has 0 radical (unpaired) electrons. The van der Waals surface area contributed by atoms with Crippen LogP contribution in [0.5, 0.6) is 5.75 Å². The van der Waals surface area contributed by atoms with Gasteiger partial charge >= 0.3 is 5.97 Å². The van der Waals surface area contributed by atoms with Crippen molar-refractivity contribution in [3.8, 4) is 17.5 Å². The molecule has 0 aliphatic carbocycles. The zero-order chi connectivity index (χ0) is 17.1. The summed E-state index contributed by atoms with van der Waals surface area (Å²) in [4.78, 5) is 22.6. The molecule has 2 aromatic rings. The van der Waals surface area contributed by atoms with E-state index in [1.54, 1.807) is 0 Å². The van der Waals surface area contributed by atoms with Crippen molar-refractivity contribution in [2.75, 3.05) is 20.0 Å². The first-order valence-electron chi connectivity index (χ1n) is 6.26. The zero-order valence-electron chi connectivity index (χ0n) is 12.3. The van der Waals surface area contributed by atoms with Crippen molar-refractivity contribution in [3.63, 3.8) is 0 Å². The molecule has 9 nitrogen and oxygen atoms in total. The second kappa shape index (κ2) is 6.07. The number of aromatic nitrogens is 1. The number of nitro groups is 1. The molecule has 0 spiro atoms. The van der Waals surface area contributed by atoms with Crippen LogP contribution in [0, 0.1) is 21.4 Å². The first-order chi connectivity index (χ1) is 10.9. The minimum Gasteiger partial charge on any atom is -0.496 e. The zero-order valence-corrected chi connectivity index (χ0v) is 12.3. The number of nitro benzene ring substituents is 1. The maximum absolute atomic E-state index is 11.9. The fraction of sp³-hybridized carbons (Fsp3) is 0.143. The number of nitrogen functional groups attached to an aromatic ring is 1. The lowest BCUT2D eigenvalue weighted by atomic mass is 10.2. The van der Waals surface area contributed by atoms with E-state index in [0.717, 1.165) is 11.7 Å². The minimum atomic E-state index is -0.811. The maximum Gasteiger partial charge on any atom is 0.357 e. The summed E-state index contributed by atoms with van der Waals surface area (Å²) in [5, 5.41) is 20.4. The number of methoxy groups -OCH3 is 2. The topological polar surface area (TPSA) is 133 Å². The Bertz CT molecular complexity index is 834. The second-order valence-corrected chi connectivity index (χ2v) is 4.39. The van der Waals surface area contributed by atoms with Crippen LogP contribution in [-0.2, 0) is 4.74 Å². The minimum absolute atomic E-state index is 0.00974. The second-order valence-electron chi connectivity index (χ2n) is 4.39. The van der Waals surface area contributed by atoms with Crippen molar-refractivity contribution in [1.29, 1.82) is 5.26 Å². The van der Waals surface area contributed by atoms with Gasteiger partial charge in [0.1, 0.15) is 17.5 Å². The van der Waals surface area contributed by atoms with Crippen LogP contribution >= 0.6 is 0 Å². The molecule has 2 rings (SSSR count). The van der Waals surface area contributed by atoms with E-state index in [2.05, 4.69) is 4.74 Å². The van der Waals surface area contributed by atoms with Crippen LogP contribution in [0.3, 0.4) is 0 Å². The lowest BCUT2D eigenvalue weighted by Gasteiger charge is -2.10. The molecule has 2 N–H and O–H groups in total. The van der Waals surface area contributed by atoms with Crippen molar-refractivity contribution in [2.24, 2.45) is 0 Å². The molecule has 0 unspecified atom stereocenters. The van der Waals surface area contributed by atoms with Gasteiger partial charge in [-0.15, -0.1) is 0 Å². The fourth-order valence-electron chi connectivity index (χ4n) is 2.08. The van der Waals surface area contributed by atoms with Crippen LogP contribution in [0.2, 0.25) is 0 Å². The Hall–Kier alpha value is -3.54. The van der Waals surface area contributed by atoms with Crippen molar-refractivity contribution in [1.82, 2.24) is 4.57 Å². The molecular weight excluding hydrogens is 304 g/mol. The van der Waals surface area contributed by atoms with E-state index in [1.165, 1.54) is 31.5 Å². The van der Waals surface area contributed by atoms with Crippen LogP contribution in [0.25, 0.3) is 5.69 Å². The first kappa shape index (κ1) is 15.8. The molecule has 0 amide bonds. The summed E-state index contributed by atoms with van der Waals surface area (Å²) in [6, 6.07) is 5.92. The van der Waals surface area contributed by atoms with Crippen LogP contribution in [0.4, 0.5) is 11.4 Å². The summed E-state index contributed by atoms with van der Waals surface area (Å²) in [6.45, 7) is 0. The lowest BCUT2D eigenvalue weighted by molar-refractivity contribution is -0.384. The Balaban J connectivity index is 2.79. The predicted molar refractivity (Wildman–Crippen MR) is 79.4 cm³/mol. The van der Waals surface area contributed by atoms with Gasteiger partial charge in [0.05, 0.1) is 36.5 Å². The van der Waals surface area contributed by atoms with Gasteiger partial charge in [0.2, 0.25) is 0 Å². The molecule has 1 aromatic carbocycles. The summed E-state index contributed by atoms with van der Waals surface area (Å²) in [6.07, 6.45) is 1.25. The third-order valence-electron chi connectivity index (χ3n) is 3.18. The molecule has 23 heavy (non-hydrogen) atoms. The largest absolute Gasteiger partial charge is 0.496 e. The number of benzene rings is 1. The van der Waals surface area contributed by atoms with Gasteiger partial charge in [0.15, 0.2) is 5.69 Å². The maximum atomic E-state index is 11.9. The molecular formula is C14H12N4O5. The molecule has 0 aliphatic heterocycles. The van der Waals surface area contributed by atoms with Crippen LogP contribution in [0.1, 0.15) is 16.1 Å². The third-order valence-corrected chi connectivity index (χ3v) is 3.18. The lowest BCUT2D eigenvalue weighted by Crippen LogP contribution is -2.12. The van der Waals surface area contributed by atoms with Crippen molar-refractivity contribution < 1.29 is 19.2 Å². The van der Waals surface area contributed by atoms with E-state index >= 15 is 0 Å². The molecule has 0 saturated heterocycles. The molecule has 1 heterocycles. The number of nitrogens with zero attached hydrogens (tertiary/aromatic N) is 3. The van der Waals surface area contributed by atoms with Gasteiger partial charge in [-0.2, -0.15) is 5.26 Å². The summed E-state index contributed by atoms with van der Waals surface area (Å²) in [5.74, 6) is -0.533. The van der Waals surface area contributed by atoms with E-state index in [1.807, 2.05) is 6.07 Å². The Morgan fingerprint density at radius 1 is 1.43 bits per heavy atom. The van der Waals surface area contributed by atoms with Crippen molar-refractivity contribution >= 4 is 17.3 Å². The smallest absolute Gasteiger partial charge is 0.357 e. The number of carbonyl (C=O) groups excluding carboxylic acids is 1. The Morgan fingerprint density at radius 2 is 2.13 bits per heavy atom. The summed E-state index contributed by atoms with van der Waals surface area (Å²) < 4.78 is 10.8. The standard InChI is InChI=1S/C14H12N4O5/c1-22-9-3-4-10(11(5-9)18(20)21)17-7-8(6-15)12(16)13(17)14(19)23-2/h3-5,7H,16H2,1-2H3. The van der Waals surface area contributed by atoms with Crippen LogP contribution in [-0.4, -0.2) is 29.7 Å². The highest BCUT2D eigenvalue weighted by atomic mass is 16.6. The molecule has 0 aliphatic rings. The average Bonchev–Trinajstić information content (AvgIpc) is 2.89. The average molecular weight is 316 g/mol. The van der Waals surface area contributed by atoms with Gasteiger partial charge in [-0.3, -0.25) is 10.1 Å². The predicted octanol–water partition coefficient (Wildman–Crippen LogP) is 1.63. The van der Waals surface area contributed by atoms with E-state index in [-0.39, 0.29) is 34.1 Å². The van der Waals surface area contributed by atoms with Gasteiger partial charge in [-0.1, -0.05) is 0 Å². The van der Waals surface area contributed by atoms with E-state index in [0.29, 0.717) is 0 Å². The number of nitrogens with two attached hydrogens (primary N) is 1. The van der Waals surface area contributed by atoms with Gasteiger partial charge < -0.3 is 19.8 Å². The van der Waals surface area contributed by atoms with Crippen LogP contribution < -0.4 is 10.5 Å². The van der Waals surface area contributed by atoms with E-state index in [9.17, 15) is 14.9 Å². The van der Waals surface area contributed by atoms with E-state index in [4.69, 9.17) is 15.7 Å². The molecule has 1 aromatic heterocycles. The molecule has 9 heteroatoms. The van der Waals surface area contributed by atoms with Gasteiger partial charge in [-0.25, -0.2) is 4.79 Å². The van der Waals surface area contributed by atoms with Crippen LogP contribution in [0.15, 0.2) is 24.4 Å². The van der Waals surface area contributed by atoms with Gasteiger partial charge in [0.25, 0.3) is 5.69 Å². The summed E-state index contributed by atoms with van der Waals surface area (Å²) in [7, 11) is 2.52. The van der Waals surface area contributed by atoms with Gasteiger partial charge in [0, 0.05) is 6.20 Å². The number of nitriles is 1. The summed E-state index contributed by atoms with van der Waals surface area (Å²) in [5.41, 5.74) is 5.27. The number of anilines is 1. The normalized spacial score (nSPS) is 9.96. The van der Waals surface area contributed by atoms with Crippen molar-refractivity contribution in [3.05, 3.63) is 45.8 Å². The summed E-state index contributed by atoms with van der Waals surface area (Å²) >= 11 is 0. The number of esters is 1. The molecule has 0 atom stereocenters. The fourth-order valence-corrected chi connectivity index (χ4v) is 2.08. The molecule has 0 bridgehead atoms. The Kier molecular flexibility index (Phi) is 4.18. The number of hydrogen-bond acceptors (Lipinski definition) is 7. The number of rotatable bonds is 4. The number of carbonyl (C=O) groups is 1. The molecule has 118 valence electrons. The van der Waals surface area contributed by atoms with Crippen molar-refractivity contribution in [2.45, 2.75) is 0 Å². The first-order valence-corrected chi connectivity index (χ1v) is 6.26. The number of hydrogen-bond donors (Lipinski definition) is 1. The highest BCUT2D eigenvalue weighted by Crippen LogP contribution is 2.32.